The predicted molar refractivity (Wildman–Crippen MR) is 122 cm³/mol. The van der Waals surface area contributed by atoms with Crippen LogP contribution in [0.4, 0.5) is 17.8 Å². The summed E-state index contributed by atoms with van der Waals surface area (Å²) in [5, 5.41) is 22.2. The lowest BCUT2D eigenvalue weighted by Gasteiger charge is -2.27. The van der Waals surface area contributed by atoms with E-state index >= 15 is 0 Å². The van der Waals surface area contributed by atoms with Gasteiger partial charge in [-0.2, -0.15) is 15.0 Å². The zero-order chi connectivity index (χ0) is 23.4. The molecule has 0 aromatic carbocycles. The van der Waals surface area contributed by atoms with Crippen molar-refractivity contribution in [1.82, 2.24) is 15.0 Å². The molecule has 0 spiro atoms. The minimum Gasteiger partial charge on any atom is -0.480 e. The van der Waals surface area contributed by atoms with Gasteiger partial charge in [-0.05, 0) is 19.3 Å². The van der Waals surface area contributed by atoms with Crippen LogP contribution < -0.4 is 15.1 Å². The quantitative estimate of drug-likeness (QED) is 0.330. The molecule has 10 nitrogen and oxygen atoms in total. The summed E-state index contributed by atoms with van der Waals surface area (Å²) in [6, 6.07) is -1.60. The molecule has 31 heavy (non-hydrogen) atoms. The fraction of sp³-hybridized carbons (Fsp3) is 0.762. The predicted octanol–water partition coefficient (Wildman–Crippen LogP) is 3.24. The van der Waals surface area contributed by atoms with E-state index in [1.54, 1.807) is 27.9 Å². The molecular formula is C21H38N6O4. The van der Waals surface area contributed by atoms with Gasteiger partial charge in [-0.1, -0.05) is 52.9 Å². The van der Waals surface area contributed by atoms with Crippen LogP contribution in [-0.2, 0) is 9.59 Å². The Kier molecular flexibility index (Phi) is 11.6. The van der Waals surface area contributed by atoms with E-state index in [4.69, 9.17) is 0 Å². The minimum atomic E-state index is -0.973. The number of nitrogens with one attached hydrogen (secondary N) is 1. The van der Waals surface area contributed by atoms with Gasteiger partial charge >= 0.3 is 11.9 Å². The fourth-order valence-electron chi connectivity index (χ4n) is 3.36. The summed E-state index contributed by atoms with van der Waals surface area (Å²) in [6.07, 6.45) is 7.68. The maximum absolute atomic E-state index is 11.6. The molecule has 1 aromatic heterocycles. The molecule has 0 fully saturated rings. The lowest BCUT2D eigenvalue weighted by Crippen LogP contribution is -2.41. The maximum Gasteiger partial charge on any atom is 0.326 e. The summed E-state index contributed by atoms with van der Waals surface area (Å²) in [5.41, 5.74) is 0. The molecule has 0 radical (unpaired) electrons. The summed E-state index contributed by atoms with van der Waals surface area (Å²) in [7, 11) is 3.24. The van der Waals surface area contributed by atoms with Gasteiger partial charge in [0.1, 0.15) is 12.1 Å². The summed E-state index contributed by atoms with van der Waals surface area (Å²) in [4.78, 5) is 39.3. The van der Waals surface area contributed by atoms with E-state index in [0.29, 0.717) is 25.3 Å². The third kappa shape index (κ3) is 8.18. The number of aromatic nitrogens is 3. The van der Waals surface area contributed by atoms with E-state index in [-0.39, 0.29) is 11.9 Å². The van der Waals surface area contributed by atoms with Crippen LogP contribution in [0, 0.1) is 0 Å². The molecule has 0 amide bonds. The van der Waals surface area contributed by atoms with Crippen LogP contribution in [0.5, 0.6) is 0 Å². The average molecular weight is 439 g/mol. The number of hydrogen-bond acceptors (Lipinski definition) is 8. The smallest absolute Gasteiger partial charge is 0.326 e. The van der Waals surface area contributed by atoms with Crippen molar-refractivity contribution in [3.8, 4) is 0 Å². The highest BCUT2D eigenvalue weighted by Crippen LogP contribution is 2.20. The summed E-state index contributed by atoms with van der Waals surface area (Å²) < 4.78 is 0. The molecule has 0 saturated heterocycles. The molecule has 1 rings (SSSR count). The standard InChI is InChI=1S/C21H38N6O4/c1-6-9-10-11-12-13-14-22-19-23-20(26(4)15(7-2)17(28)29)25-21(24-19)27(5)16(8-3)18(30)31/h15-16H,6-14H2,1-5H3,(H,28,29)(H,30,31)(H,22,23,24,25). The molecule has 0 saturated carbocycles. The van der Waals surface area contributed by atoms with Crippen molar-refractivity contribution < 1.29 is 19.8 Å². The van der Waals surface area contributed by atoms with Crippen LogP contribution >= 0.6 is 0 Å². The first-order valence-electron chi connectivity index (χ1n) is 11.2. The number of carboxylic acids is 2. The van der Waals surface area contributed by atoms with Gasteiger partial charge in [0.2, 0.25) is 17.8 Å². The van der Waals surface area contributed by atoms with E-state index in [0.717, 1.165) is 12.8 Å². The second-order valence-corrected chi connectivity index (χ2v) is 7.70. The molecule has 3 N–H and O–H groups in total. The fourth-order valence-corrected chi connectivity index (χ4v) is 3.36. The van der Waals surface area contributed by atoms with E-state index in [1.165, 1.54) is 35.5 Å². The van der Waals surface area contributed by atoms with Crippen molar-refractivity contribution in [1.29, 1.82) is 0 Å². The lowest BCUT2D eigenvalue weighted by atomic mass is 10.1. The van der Waals surface area contributed by atoms with E-state index in [2.05, 4.69) is 27.2 Å². The molecule has 10 heteroatoms. The largest absolute Gasteiger partial charge is 0.480 e. The Hall–Kier alpha value is -2.65. The van der Waals surface area contributed by atoms with Gasteiger partial charge in [0.05, 0.1) is 0 Å². The highest BCUT2D eigenvalue weighted by Gasteiger charge is 2.27. The number of hydrogen-bond donors (Lipinski definition) is 3. The Morgan fingerprint density at radius 1 is 0.806 bits per heavy atom. The third-order valence-electron chi connectivity index (χ3n) is 5.33. The Morgan fingerprint density at radius 2 is 1.26 bits per heavy atom. The van der Waals surface area contributed by atoms with Crippen LogP contribution in [0.1, 0.15) is 72.1 Å². The SMILES string of the molecule is CCCCCCCCNc1nc(N(C)C(CC)C(=O)O)nc(N(C)C(CC)C(=O)O)n1. The van der Waals surface area contributed by atoms with E-state index in [1.807, 2.05) is 0 Å². The third-order valence-corrected chi connectivity index (χ3v) is 5.33. The van der Waals surface area contributed by atoms with Gasteiger partial charge in [0.25, 0.3) is 0 Å². The summed E-state index contributed by atoms with van der Waals surface area (Å²) in [6.45, 7) is 6.42. The molecule has 0 aliphatic carbocycles. The second kappa shape index (κ2) is 13.6. The number of carboxylic acid groups (broad SMARTS) is 2. The highest BCUT2D eigenvalue weighted by atomic mass is 16.4. The topological polar surface area (TPSA) is 132 Å². The van der Waals surface area contributed by atoms with Gasteiger partial charge in [0.15, 0.2) is 0 Å². The number of rotatable bonds is 16. The number of likely N-dealkylation sites (N-methyl/N-ethyl adjacent to an activating group) is 2. The summed E-state index contributed by atoms with van der Waals surface area (Å²) >= 11 is 0. The summed E-state index contributed by atoms with van der Waals surface area (Å²) in [5.74, 6) is -1.25. The first-order valence-corrected chi connectivity index (χ1v) is 11.2. The van der Waals surface area contributed by atoms with Crippen molar-refractivity contribution in [3.05, 3.63) is 0 Å². The van der Waals surface area contributed by atoms with E-state index in [9.17, 15) is 19.8 Å². The molecule has 0 bridgehead atoms. The van der Waals surface area contributed by atoms with Gasteiger partial charge in [-0.15, -0.1) is 0 Å². The zero-order valence-corrected chi connectivity index (χ0v) is 19.5. The first-order chi connectivity index (χ1) is 14.8. The van der Waals surface area contributed by atoms with Gasteiger partial charge in [-0.3, -0.25) is 0 Å². The normalized spacial score (nSPS) is 12.8. The molecule has 0 aliphatic heterocycles. The Labute approximate surface area is 185 Å². The van der Waals surface area contributed by atoms with Crippen molar-refractivity contribution in [3.63, 3.8) is 0 Å². The molecule has 2 unspecified atom stereocenters. The monoisotopic (exact) mass is 438 g/mol. The Balaban J connectivity index is 3.07. The Bertz CT molecular complexity index is 656. The van der Waals surface area contributed by atoms with Crippen molar-refractivity contribution in [2.75, 3.05) is 35.8 Å². The lowest BCUT2D eigenvalue weighted by molar-refractivity contribution is -0.139. The number of aliphatic carboxylic acids is 2. The van der Waals surface area contributed by atoms with Gasteiger partial charge in [0, 0.05) is 20.6 Å². The molecular weight excluding hydrogens is 400 g/mol. The highest BCUT2D eigenvalue weighted by molar-refractivity contribution is 5.78. The first kappa shape index (κ1) is 26.4. The van der Waals surface area contributed by atoms with Crippen molar-refractivity contribution in [2.45, 2.75) is 84.2 Å². The van der Waals surface area contributed by atoms with Crippen molar-refractivity contribution >= 4 is 29.8 Å². The molecule has 0 aliphatic rings. The second-order valence-electron chi connectivity index (χ2n) is 7.70. The molecule has 176 valence electrons. The van der Waals surface area contributed by atoms with Crippen LogP contribution in [-0.4, -0.2) is 69.8 Å². The molecule has 1 heterocycles. The zero-order valence-electron chi connectivity index (χ0n) is 19.5. The number of carbonyl (C=O) groups is 2. The maximum atomic E-state index is 11.6. The molecule has 2 atom stereocenters. The van der Waals surface area contributed by atoms with E-state index < -0.39 is 24.0 Å². The van der Waals surface area contributed by atoms with Crippen molar-refractivity contribution in [2.24, 2.45) is 0 Å². The molecule has 1 aromatic rings. The number of nitrogens with zero attached hydrogens (tertiary/aromatic N) is 5. The number of unbranched alkanes of at least 4 members (excludes halogenated alkanes) is 5. The average Bonchev–Trinajstić information content (AvgIpc) is 2.73. The van der Waals surface area contributed by atoms with Crippen LogP contribution in [0.2, 0.25) is 0 Å². The van der Waals surface area contributed by atoms with Gasteiger partial charge in [-0.25, -0.2) is 9.59 Å². The van der Waals surface area contributed by atoms with Crippen LogP contribution in [0.25, 0.3) is 0 Å². The van der Waals surface area contributed by atoms with Gasteiger partial charge < -0.3 is 25.3 Å². The minimum absolute atomic E-state index is 0.191. The van der Waals surface area contributed by atoms with Crippen LogP contribution in [0.15, 0.2) is 0 Å². The Morgan fingerprint density at radius 3 is 1.68 bits per heavy atom. The van der Waals surface area contributed by atoms with Crippen LogP contribution in [0.3, 0.4) is 0 Å². The number of anilines is 3.